The first kappa shape index (κ1) is 18.2. The standard InChI is InChI=1S/C19H27N5O3/c1-13-4-5-14(23(13)3)17-21-20-16(27-17)11-24-8-6-19(7-9-24)10-15(18(25)26)22(2)12-19/h4-5,15H,6-12H2,1-3H3,(H,25,26)/t15-/m1/s1. The highest BCUT2D eigenvalue weighted by Crippen LogP contribution is 2.43. The minimum Gasteiger partial charge on any atom is -0.480 e. The number of nitrogens with zero attached hydrogens (tertiary/aromatic N) is 5. The van der Waals surface area contributed by atoms with Crippen molar-refractivity contribution in [3.8, 4) is 11.6 Å². The van der Waals surface area contributed by atoms with Crippen molar-refractivity contribution in [2.45, 2.75) is 38.8 Å². The number of hydrogen-bond acceptors (Lipinski definition) is 6. The molecule has 2 aliphatic rings. The number of piperidine rings is 1. The highest BCUT2D eigenvalue weighted by molar-refractivity contribution is 5.74. The molecule has 2 aromatic heterocycles. The van der Waals surface area contributed by atoms with Gasteiger partial charge in [0.15, 0.2) is 0 Å². The molecule has 4 heterocycles. The molecule has 0 radical (unpaired) electrons. The van der Waals surface area contributed by atoms with Gasteiger partial charge in [-0.05, 0) is 63.9 Å². The van der Waals surface area contributed by atoms with Gasteiger partial charge in [0, 0.05) is 19.3 Å². The first-order valence-electron chi connectivity index (χ1n) is 9.47. The second-order valence-corrected chi connectivity index (χ2v) is 8.17. The van der Waals surface area contributed by atoms with Crippen LogP contribution in [0.5, 0.6) is 0 Å². The molecule has 0 aromatic carbocycles. The summed E-state index contributed by atoms with van der Waals surface area (Å²) >= 11 is 0. The number of carboxylic acids is 1. The van der Waals surface area contributed by atoms with Gasteiger partial charge in [-0.25, -0.2) is 0 Å². The van der Waals surface area contributed by atoms with Crippen LogP contribution in [0.1, 0.15) is 30.8 Å². The second-order valence-electron chi connectivity index (χ2n) is 8.17. The van der Waals surface area contributed by atoms with Crippen LogP contribution in [0.4, 0.5) is 0 Å². The Morgan fingerprint density at radius 3 is 2.63 bits per heavy atom. The fraction of sp³-hybridized carbons (Fsp3) is 0.632. The molecule has 8 nitrogen and oxygen atoms in total. The fourth-order valence-corrected chi connectivity index (χ4v) is 4.53. The summed E-state index contributed by atoms with van der Waals surface area (Å²) in [6.45, 7) is 5.42. The van der Waals surface area contributed by atoms with Crippen molar-refractivity contribution in [1.82, 2.24) is 24.6 Å². The van der Waals surface area contributed by atoms with Crippen molar-refractivity contribution in [1.29, 1.82) is 0 Å². The van der Waals surface area contributed by atoms with E-state index < -0.39 is 5.97 Å². The van der Waals surface area contributed by atoms with Crippen molar-refractivity contribution in [3.05, 3.63) is 23.7 Å². The Morgan fingerprint density at radius 2 is 2.04 bits per heavy atom. The Morgan fingerprint density at radius 1 is 1.30 bits per heavy atom. The number of carbonyl (C=O) groups is 1. The zero-order chi connectivity index (χ0) is 19.2. The predicted octanol–water partition coefficient (Wildman–Crippen LogP) is 1.75. The highest BCUT2D eigenvalue weighted by atomic mass is 16.4. The number of aromatic nitrogens is 3. The molecule has 0 unspecified atom stereocenters. The lowest BCUT2D eigenvalue weighted by atomic mass is 9.76. The Kier molecular flexibility index (Phi) is 4.55. The van der Waals surface area contributed by atoms with Crippen molar-refractivity contribution in [2.75, 3.05) is 26.7 Å². The Labute approximate surface area is 158 Å². The van der Waals surface area contributed by atoms with Crippen LogP contribution in [-0.4, -0.2) is 68.4 Å². The van der Waals surface area contributed by atoms with Gasteiger partial charge in [-0.3, -0.25) is 14.6 Å². The van der Waals surface area contributed by atoms with Gasteiger partial charge in [-0.1, -0.05) is 0 Å². The predicted molar refractivity (Wildman–Crippen MR) is 99.1 cm³/mol. The van der Waals surface area contributed by atoms with E-state index in [2.05, 4.69) is 15.1 Å². The third-order valence-corrected chi connectivity index (χ3v) is 6.36. The van der Waals surface area contributed by atoms with Gasteiger partial charge in [0.1, 0.15) is 11.7 Å². The van der Waals surface area contributed by atoms with Gasteiger partial charge in [-0.2, -0.15) is 0 Å². The average Bonchev–Trinajstić information content (AvgIpc) is 3.30. The number of hydrogen-bond donors (Lipinski definition) is 1. The SMILES string of the molecule is Cc1ccc(-c2nnc(CN3CCC4(CC3)C[C@H](C(=O)O)N(C)C4)o2)n1C. The molecular formula is C19H27N5O3. The number of likely N-dealkylation sites (N-methyl/N-ethyl adjacent to an activating group) is 1. The van der Waals surface area contributed by atoms with Crippen molar-refractivity contribution >= 4 is 5.97 Å². The number of aliphatic carboxylic acids is 1. The number of likely N-dealkylation sites (tertiary alicyclic amines) is 2. The van der Waals surface area contributed by atoms with Crippen LogP contribution in [0, 0.1) is 12.3 Å². The molecule has 2 aromatic rings. The highest BCUT2D eigenvalue weighted by Gasteiger charge is 2.46. The molecule has 1 atom stereocenters. The molecule has 2 fully saturated rings. The quantitative estimate of drug-likeness (QED) is 0.873. The zero-order valence-corrected chi connectivity index (χ0v) is 16.2. The molecule has 0 amide bonds. The van der Waals surface area contributed by atoms with Gasteiger partial charge < -0.3 is 14.1 Å². The molecule has 1 N–H and O–H groups in total. The van der Waals surface area contributed by atoms with Crippen LogP contribution in [0.2, 0.25) is 0 Å². The van der Waals surface area contributed by atoms with Crippen LogP contribution in [0.25, 0.3) is 11.6 Å². The molecule has 0 aliphatic carbocycles. The summed E-state index contributed by atoms with van der Waals surface area (Å²) in [5, 5.41) is 17.8. The number of aryl methyl sites for hydroxylation is 1. The number of rotatable bonds is 4. The molecule has 0 saturated carbocycles. The van der Waals surface area contributed by atoms with Crippen LogP contribution < -0.4 is 0 Å². The van der Waals surface area contributed by atoms with E-state index in [0.717, 1.165) is 50.3 Å². The van der Waals surface area contributed by atoms with E-state index in [1.807, 2.05) is 42.6 Å². The molecule has 0 bridgehead atoms. The Bertz CT molecular complexity index is 834. The first-order chi connectivity index (χ1) is 12.9. The zero-order valence-electron chi connectivity index (χ0n) is 16.2. The smallest absolute Gasteiger partial charge is 0.320 e. The van der Waals surface area contributed by atoms with E-state index in [-0.39, 0.29) is 11.5 Å². The maximum absolute atomic E-state index is 11.4. The van der Waals surface area contributed by atoms with Crippen LogP contribution in [-0.2, 0) is 18.4 Å². The fourth-order valence-electron chi connectivity index (χ4n) is 4.53. The summed E-state index contributed by atoms with van der Waals surface area (Å²) in [5.74, 6) is 0.480. The van der Waals surface area contributed by atoms with Crippen LogP contribution in [0.3, 0.4) is 0 Å². The van der Waals surface area contributed by atoms with Gasteiger partial charge in [-0.15, -0.1) is 10.2 Å². The summed E-state index contributed by atoms with van der Waals surface area (Å²) in [5.41, 5.74) is 2.21. The minimum atomic E-state index is -0.703. The van der Waals surface area contributed by atoms with E-state index >= 15 is 0 Å². The van der Waals surface area contributed by atoms with E-state index in [1.165, 1.54) is 0 Å². The van der Waals surface area contributed by atoms with E-state index in [0.29, 0.717) is 18.3 Å². The van der Waals surface area contributed by atoms with Crippen molar-refractivity contribution in [2.24, 2.45) is 12.5 Å². The third-order valence-electron chi connectivity index (χ3n) is 6.36. The first-order valence-corrected chi connectivity index (χ1v) is 9.47. The van der Waals surface area contributed by atoms with Crippen molar-refractivity contribution < 1.29 is 14.3 Å². The molecule has 1 spiro atoms. The van der Waals surface area contributed by atoms with Gasteiger partial charge in [0.2, 0.25) is 5.89 Å². The van der Waals surface area contributed by atoms with Crippen LogP contribution in [0.15, 0.2) is 16.5 Å². The summed E-state index contributed by atoms with van der Waals surface area (Å²) in [4.78, 5) is 15.7. The number of carboxylic acid groups (broad SMARTS) is 1. The summed E-state index contributed by atoms with van der Waals surface area (Å²) < 4.78 is 7.92. The maximum Gasteiger partial charge on any atom is 0.320 e. The molecule has 4 rings (SSSR count). The summed E-state index contributed by atoms with van der Waals surface area (Å²) in [6, 6.07) is 3.68. The third kappa shape index (κ3) is 3.39. The topological polar surface area (TPSA) is 87.6 Å². The molecule has 2 saturated heterocycles. The van der Waals surface area contributed by atoms with E-state index in [9.17, 15) is 9.90 Å². The van der Waals surface area contributed by atoms with Crippen molar-refractivity contribution in [3.63, 3.8) is 0 Å². The molecule has 146 valence electrons. The Hall–Kier alpha value is -2.19. The maximum atomic E-state index is 11.4. The van der Waals surface area contributed by atoms with E-state index in [4.69, 9.17) is 4.42 Å². The average molecular weight is 373 g/mol. The molecule has 2 aliphatic heterocycles. The van der Waals surface area contributed by atoms with Gasteiger partial charge in [0.25, 0.3) is 5.89 Å². The second kappa shape index (κ2) is 6.76. The molecule has 8 heteroatoms. The molecule has 27 heavy (non-hydrogen) atoms. The lowest BCUT2D eigenvalue weighted by Gasteiger charge is -2.38. The lowest BCUT2D eigenvalue weighted by molar-refractivity contribution is -0.141. The van der Waals surface area contributed by atoms with Gasteiger partial charge >= 0.3 is 5.97 Å². The lowest BCUT2D eigenvalue weighted by Crippen LogP contribution is -2.40. The van der Waals surface area contributed by atoms with Crippen LogP contribution >= 0.6 is 0 Å². The Balaban J connectivity index is 1.36. The normalized spacial score (nSPS) is 23.3. The summed E-state index contributed by atoms with van der Waals surface area (Å²) in [6.07, 6.45) is 2.78. The summed E-state index contributed by atoms with van der Waals surface area (Å²) in [7, 11) is 3.91. The largest absolute Gasteiger partial charge is 0.480 e. The van der Waals surface area contributed by atoms with E-state index in [1.54, 1.807) is 0 Å². The minimum absolute atomic E-state index is 0.134. The molecular weight excluding hydrogens is 346 g/mol. The monoisotopic (exact) mass is 373 g/mol. The van der Waals surface area contributed by atoms with Gasteiger partial charge in [0.05, 0.1) is 6.54 Å².